The summed E-state index contributed by atoms with van der Waals surface area (Å²) in [6.45, 7) is 7.76. The maximum Gasteiger partial charge on any atom is 0.201 e. The molecule has 1 unspecified atom stereocenters. The summed E-state index contributed by atoms with van der Waals surface area (Å²) in [5.41, 5.74) is 3.46. The highest BCUT2D eigenvalue weighted by molar-refractivity contribution is 7.56. The van der Waals surface area contributed by atoms with E-state index in [1.807, 2.05) is 12.1 Å². The summed E-state index contributed by atoms with van der Waals surface area (Å²) in [5.74, 6) is 0.501. The molecular weight excluding hydrogens is 207 g/mol. The fourth-order valence-electron chi connectivity index (χ4n) is 1.82. The van der Waals surface area contributed by atoms with Crippen molar-refractivity contribution in [1.82, 2.24) is 0 Å². The van der Waals surface area contributed by atoms with E-state index in [9.17, 15) is 9.46 Å². The number of benzene rings is 1. The van der Waals surface area contributed by atoms with E-state index in [0.717, 1.165) is 5.56 Å². The minimum absolute atomic E-state index is 0.270. The van der Waals surface area contributed by atoms with Gasteiger partial charge in [-0.3, -0.25) is 4.57 Å². The van der Waals surface area contributed by atoms with Crippen LogP contribution in [-0.2, 0) is 10.7 Å². The van der Waals surface area contributed by atoms with E-state index in [-0.39, 0.29) is 6.16 Å². The average molecular weight is 226 g/mol. The van der Waals surface area contributed by atoms with Gasteiger partial charge in [0.15, 0.2) is 0 Å². The Morgan fingerprint density at radius 1 is 1.40 bits per heavy atom. The van der Waals surface area contributed by atoms with Crippen molar-refractivity contribution >= 4 is 7.37 Å². The van der Waals surface area contributed by atoms with Crippen LogP contribution in [0.15, 0.2) is 18.2 Å². The molecule has 0 amide bonds. The second-order valence-corrected chi connectivity index (χ2v) is 6.97. The van der Waals surface area contributed by atoms with Gasteiger partial charge in [0.1, 0.15) is 0 Å². The number of rotatable bonds is 3. The van der Waals surface area contributed by atoms with Crippen molar-refractivity contribution in [3.8, 4) is 0 Å². The summed E-state index contributed by atoms with van der Waals surface area (Å²) >= 11 is 0. The Morgan fingerprint density at radius 2 is 2.00 bits per heavy atom. The van der Waals surface area contributed by atoms with Crippen LogP contribution < -0.4 is 0 Å². The lowest BCUT2D eigenvalue weighted by Crippen LogP contribution is -1.94. The largest absolute Gasteiger partial charge is 0.344 e. The van der Waals surface area contributed by atoms with E-state index in [0.29, 0.717) is 5.92 Å². The second-order valence-electron chi connectivity index (χ2n) is 4.55. The third-order valence-corrected chi connectivity index (χ3v) is 3.38. The first-order valence-electron chi connectivity index (χ1n) is 5.18. The Bertz CT molecular complexity index is 391. The summed E-state index contributed by atoms with van der Waals surface area (Å²) in [6.07, 6.45) is 0.270. The Balaban J connectivity index is 2.97. The van der Waals surface area contributed by atoms with Crippen LogP contribution in [0, 0.1) is 6.92 Å². The van der Waals surface area contributed by atoms with Gasteiger partial charge in [-0.15, -0.1) is 0 Å². The van der Waals surface area contributed by atoms with Crippen molar-refractivity contribution in [2.45, 2.75) is 32.9 Å². The molecule has 0 aromatic heterocycles. The molecule has 1 aromatic carbocycles. The summed E-state index contributed by atoms with van der Waals surface area (Å²) in [4.78, 5) is 9.30. The van der Waals surface area contributed by atoms with Crippen LogP contribution in [-0.4, -0.2) is 11.6 Å². The Hall–Kier alpha value is -0.590. The van der Waals surface area contributed by atoms with Crippen molar-refractivity contribution in [2.24, 2.45) is 0 Å². The van der Waals surface area contributed by atoms with Crippen molar-refractivity contribution in [3.63, 3.8) is 0 Å². The van der Waals surface area contributed by atoms with Crippen LogP contribution in [0.2, 0.25) is 0 Å². The van der Waals surface area contributed by atoms with E-state index in [4.69, 9.17) is 0 Å². The molecule has 0 radical (unpaired) electrons. The molecule has 0 saturated carbocycles. The van der Waals surface area contributed by atoms with E-state index in [2.05, 4.69) is 26.8 Å². The third-order valence-electron chi connectivity index (χ3n) is 2.43. The highest BCUT2D eigenvalue weighted by Crippen LogP contribution is 2.40. The highest BCUT2D eigenvalue weighted by atomic mass is 31.2. The standard InChI is InChI=1S/C12H19O2P/c1-9(2)12-6-5-11(7-10(12)3)8-15(4,13)14/h5-7,9H,8H2,1-4H3,(H,13,14). The SMILES string of the molecule is Cc1cc(CP(C)(=O)O)ccc1C(C)C. The predicted octanol–water partition coefficient (Wildman–Crippen LogP) is 3.52. The zero-order valence-corrected chi connectivity index (χ0v) is 10.7. The molecule has 0 bridgehead atoms. The van der Waals surface area contributed by atoms with Crippen LogP contribution in [0.4, 0.5) is 0 Å². The van der Waals surface area contributed by atoms with Gasteiger partial charge in [-0.25, -0.2) is 0 Å². The quantitative estimate of drug-likeness (QED) is 0.800. The van der Waals surface area contributed by atoms with Gasteiger partial charge in [0, 0.05) is 12.8 Å². The van der Waals surface area contributed by atoms with Crippen molar-refractivity contribution in [3.05, 3.63) is 34.9 Å². The van der Waals surface area contributed by atoms with Gasteiger partial charge in [-0.05, 0) is 29.5 Å². The molecule has 0 fully saturated rings. The summed E-state index contributed by atoms with van der Waals surface area (Å²) in [6, 6.07) is 6.03. The summed E-state index contributed by atoms with van der Waals surface area (Å²) in [5, 5.41) is 0. The molecule has 0 saturated heterocycles. The van der Waals surface area contributed by atoms with Gasteiger partial charge in [0.05, 0.1) is 0 Å². The van der Waals surface area contributed by atoms with Gasteiger partial charge < -0.3 is 4.89 Å². The molecule has 84 valence electrons. The first-order valence-corrected chi connectivity index (χ1v) is 7.47. The van der Waals surface area contributed by atoms with E-state index in [1.54, 1.807) is 0 Å². The molecule has 0 aliphatic rings. The Kier molecular flexibility index (Phi) is 3.75. The van der Waals surface area contributed by atoms with Gasteiger partial charge in [0.2, 0.25) is 7.37 Å². The molecule has 1 atom stereocenters. The number of hydrogen-bond donors (Lipinski definition) is 1. The van der Waals surface area contributed by atoms with Crippen molar-refractivity contribution in [1.29, 1.82) is 0 Å². The van der Waals surface area contributed by atoms with Crippen molar-refractivity contribution in [2.75, 3.05) is 6.66 Å². The first kappa shape index (κ1) is 12.5. The maximum absolute atomic E-state index is 11.3. The van der Waals surface area contributed by atoms with Crippen LogP contribution in [0.25, 0.3) is 0 Å². The molecule has 0 heterocycles. The fourth-order valence-corrected chi connectivity index (χ4v) is 2.70. The monoisotopic (exact) mass is 226 g/mol. The third kappa shape index (κ3) is 3.81. The van der Waals surface area contributed by atoms with Crippen LogP contribution in [0.3, 0.4) is 0 Å². The molecule has 0 spiro atoms. The normalized spacial score (nSPS) is 15.3. The fraction of sp³-hybridized carbons (Fsp3) is 0.500. The van der Waals surface area contributed by atoms with E-state index in [1.165, 1.54) is 17.8 Å². The smallest absolute Gasteiger partial charge is 0.201 e. The zero-order chi connectivity index (χ0) is 11.6. The average Bonchev–Trinajstić information content (AvgIpc) is 1.99. The molecule has 15 heavy (non-hydrogen) atoms. The molecule has 1 aromatic rings. The lowest BCUT2D eigenvalue weighted by atomic mass is 9.97. The first-order chi connectivity index (χ1) is 6.79. The maximum atomic E-state index is 11.3. The predicted molar refractivity (Wildman–Crippen MR) is 64.7 cm³/mol. The van der Waals surface area contributed by atoms with Crippen LogP contribution in [0.1, 0.15) is 36.5 Å². The molecule has 1 N–H and O–H groups in total. The Morgan fingerprint density at radius 3 is 2.40 bits per heavy atom. The summed E-state index contributed by atoms with van der Waals surface area (Å²) in [7, 11) is -2.95. The zero-order valence-electron chi connectivity index (χ0n) is 9.82. The minimum atomic E-state index is -2.95. The topological polar surface area (TPSA) is 37.3 Å². The molecular formula is C12H19O2P. The molecule has 2 nitrogen and oxygen atoms in total. The van der Waals surface area contributed by atoms with Gasteiger partial charge >= 0.3 is 0 Å². The Labute approximate surface area is 91.8 Å². The van der Waals surface area contributed by atoms with Crippen molar-refractivity contribution < 1.29 is 9.46 Å². The lowest BCUT2D eigenvalue weighted by Gasteiger charge is -2.12. The molecule has 1 rings (SSSR count). The van der Waals surface area contributed by atoms with Gasteiger partial charge in [-0.2, -0.15) is 0 Å². The number of aryl methyl sites for hydroxylation is 1. The summed E-state index contributed by atoms with van der Waals surface area (Å²) < 4.78 is 11.3. The molecule has 0 aliphatic heterocycles. The van der Waals surface area contributed by atoms with Gasteiger partial charge in [-0.1, -0.05) is 32.0 Å². The second kappa shape index (κ2) is 4.51. The van der Waals surface area contributed by atoms with E-state index >= 15 is 0 Å². The van der Waals surface area contributed by atoms with E-state index < -0.39 is 7.37 Å². The van der Waals surface area contributed by atoms with Gasteiger partial charge in [0.25, 0.3) is 0 Å². The van der Waals surface area contributed by atoms with Crippen LogP contribution in [0.5, 0.6) is 0 Å². The molecule has 0 aliphatic carbocycles. The molecule has 3 heteroatoms. The number of hydrogen-bond acceptors (Lipinski definition) is 1. The highest BCUT2D eigenvalue weighted by Gasteiger charge is 2.12. The van der Waals surface area contributed by atoms with Crippen LogP contribution >= 0.6 is 7.37 Å². The minimum Gasteiger partial charge on any atom is -0.344 e. The lowest BCUT2D eigenvalue weighted by molar-refractivity contribution is 0.484.